The van der Waals surface area contributed by atoms with Crippen LogP contribution >= 0.6 is 11.3 Å². The second-order valence-electron chi connectivity index (χ2n) is 6.47. The first-order chi connectivity index (χ1) is 14.2. The molecule has 3 rings (SSSR count). The molecule has 0 saturated carbocycles. The van der Waals surface area contributed by atoms with Crippen LogP contribution in [0.1, 0.15) is 21.8 Å². The van der Waals surface area contributed by atoms with Gasteiger partial charge in [-0.15, -0.1) is 11.3 Å². The standard InChI is InChI=1S/C19H18N4O5S2/c1-30(27,28)16-10-14(9-15(11-16)23(25)26)19(24)21-6-2-3-18-22-17(12-29-18)13-4-7-20-8-5-13/h4-5,7-12H,2-3,6H2,1H3,(H,21,24). The Morgan fingerprint density at radius 3 is 2.63 bits per heavy atom. The summed E-state index contributed by atoms with van der Waals surface area (Å²) in [5.74, 6) is -0.569. The summed E-state index contributed by atoms with van der Waals surface area (Å²) in [5, 5.41) is 16.6. The smallest absolute Gasteiger partial charge is 0.271 e. The first-order valence-corrected chi connectivity index (χ1v) is 11.6. The fourth-order valence-corrected chi connectivity index (χ4v) is 4.18. The van der Waals surface area contributed by atoms with Crippen LogP contribution in [0.25, 0.3) is 11.3 Å². The Morgan fingerprint density at radius 1 is 1.23 bits per heavy atom. The quantitative estimate of drug-likeness (QED) is 0.320. The number of pyridine rings is 1. The number of aromatic nitrogens is 2. The Labute approximate surface area is 176 Å². The average Bonchev–Trinajstić information content (AvgIpc) is 3.19. The van der Waals surface area contributed by atoms with Gasteiger partial charge < -0.3 is 5.32 Å². The van der Waals surface area contributed by atoms with Gasteiger partial charge in [0.05, 0.1) is 20.5 Å². The number of carbonyl (C=O) groups is 1. The van der Waals surface area contributed by atoms with Gasteiger partial charge in [-0.1, -0.05) is 0 Å². The predicted octanol–water partition coefficient (Wildman–Crippen LogP) is 2.88. The van der Waals surface area contributed by atoms with E-state index in [9.17, 15) is 23.3 Å². The van der Waals surface area contributed by atoms with Gasteiger partial charge in [-0.3, -0.25) is 19.9 Å². The van der Waals surface area contributed by atoms with Crippen LogP contribution in [-0.2, 0) is 16.3 Å². The SMILES string of the molecule is CS(=O)(=O)c1cc(C(=O)NCCCc2nc(-c3ccncc3)cs2)cc([N+](=O)[O-])c1. The second kappa shape index (κ2) is 9.09. The van der Waals surface area contributed by atoms with Gasteiger partial charge in [0.1, 0.15) is 0 Å². The fourth-order valence-electron chi connectivity index (χ4n) is 2.66. The van der Waals surface area contributed by atoms with Gasteiger partial charge in [-0.2, -0.15) is 0 Å². The van der Waals surface area contributed by atoms with E-state index in [1.807, 2.05) is 17.5 Å². The van der Waals surface area contributed by atoms with Crippen LogP contribution in [0.4, 0.5) is 5.69 Å². The molecule has 9 nitrogen and oxygen atoms in total. The monoisotopic (exact) mass is 446 g/mol. The van der Waals surface area contributed by atoms with Crippen molar-refractivity contribution in [3.05, 3.63) is 68.8 Å². The van der Waals surface area contributed by atoms with Crippen LogP contribution in [-0.4, -0.2) is 42.0 Å². The lowest BCUT2D eigenvalue weighted by molar-refractivity contribution is -0.385. The topological polar surface area (TPSA) is 132 Å². The van der Waals surface area contributed by atoms with Gasteiger partial charge in [0, 0.05) is 60.3 Å². The number of non-ortho nitro benzene ring substituents is 1. The van der Waals surface area contributed by atoms with Crippen LogP contribution in [0, 0.1) is 10.1 Å². The summed E-state index contributed by atoms with van der Waals surface area (Å²) < 4.78 is 23.5. The summed E-state index contributed by atoms with van der Waals surface area (Å²) in [6.45, 7) is 0.319. The third kappa shape index (κ3) is 5.45. The molecule has 11 heteroatoms. The van der Waals surface area contributed by atoms with Gasteiger partial charge in [0.25, 0.3) is 11.6 Å². The molecule has 0 atom stereocenters. The molecule has 30 heavy (non-hydrogen) atoms. The van der Waals surface area contributed by atoms with Crippen molar-refractivity contribution >= 4 is 32.8 Å². The Balaban J connectivity index is 1.59. The third-order valence-corrected chi connectivity index (χ3v) is 6.17. The highest BCUT2D eigenvalue weighted by atomic mass is 32.2. The van der Waals surface area contributed by atoms with Gasteiger partial charge in [-0.25, -0.2) is 13.4 Å². The van der Waals surface area contributed by atoms with E-state index in [0.717, 1.165) is 40.7 Å². The van der Waals surface area contributed by atoms with E-state index in [1.54, 1.807) is 12.4 Å². The normalized spacial score (nSPS) is 11.2. The number of thiazole rings is 1. The number of nitrogens with zero attached hydrogens (tertiary/aromatic N) is 3. The van der Waals surface area contributed by atoms with Crippen molar-refractivity contribution < 1.29 is 18.1 Å². The van der Waals surface area contributed by atoms with E-state index >= 15 is 0 Å². The maximum absolute atomic E-state index is 12.4. The maximum Gasteiger partial charge on any atom is 0.271 e. The van der Waals surface area contributed by atoms with Crippen molar-refractivity contribution in [2.45, 2.75) is 17.7 Å². The number of hydrogen-bond donors (Lipinski definition) is 1. The maximum atomic E-state index is 12.4. The average molecular weight is 447 g/mol. The number of sulfone groups is 1. The van der Waals surface area contributed by atoms with Crippen molar-refractivity contribution in [2.75, 3.05) is 12.8 Å². The first-order valence-electron chi connectivity index (χ1n) is 8.86. The second-order valence-corrected chi connectivity index (χ2v) is 9.43. The summed E-state index contributed by atoms with van der Waals surface area (Å²) in [6, 6.07) is 6.89. The number of nitrogens with one attached hydrogen (secondary N) is 1. The molecule has 2 aromatic heterocycles. The highest BCUT2D eigenvalue weighted by Gasteiger charge is 2.19. The van der Waals surface area contributed by atoms with Crippen molar-refractivity contribution in [2.24, 2.45) is 0 Å². The highest BCUT2D eigenvalue weighted by molar-refractivity contribution is 7.90. The van der Waals surface area contributed by atoms with E-state index < -0.39 is 26.4 Å². The third-order valence-electron chi connectivity index (χ3n) is 4.17. The molecule has 0 unspecified atom stereocenters. The molecule has 1 N–H and O–H groups in total. The highest BCUT2D eigenvalue weighted by Crippen LogP contribution is 2.22. The molecular weight excluding hydrogens is 428 g/mol. The van der Waals surface area contributed by atoms with Gasteiger partial charge in [-0.05, 0) is 24.6 Å². The lowest BCUT2D eigenvalue weighted by Crippen LogP contribution is -2.25. The van der Waals surface area contributed by atoms with E-state index in [4.69, 9.17) is 0 Å². The zero-order valence-electron chi connectivity index (χ0n) is 15.9. The molecule has 1 amide bonds. The molecule has 0 bridgehead atoms. The molecule has 2 heterocycles. The van der Waals surface area contributed by atoms with Crippen LogP contribution < -0.4 is 5.32 Å². The number of nitro groups is 1. The molecule has 3 aromatic rings. The molecule has 156 valence electrons. The van der Waals surface area contributed by atoms with Crippen LogP contribution in [0.3, 0.4) is 0 Å². The Hall–Kier alpha value is -3.18. The fraction of sp³-hybridized carbons (Fsp3) is 0.211. The lowest BCUT2D eigenvalue weighted by atomic mass is 10.2. The number of hydrogen-bond acceptors (Lipinski definition) is 8. The Kier molecular flexibility index (Phi) is 6.53. The van der Waals surface area contributed by atoms with E-state index in [1.165, 1.54) is 11.3 Å². The number of rotatable bonds is 8. The minimum atomic E-state index is -3.69. The number of nitro benzene ring substituents is 1. The Morgan fingerprint density at radius 2 is 1.97 bits per heavy atom. The van der Waals surface area contributed by atoms with Crippen molar-refractivity contribution in [3.63, 3.8) is 0 Å². The summed E-state index contributed by atoms with van der Waals surface area (Å²) in [7, 11) is -3.69. The summed E-state index contributed by atoms with van der Waals surface area (Å²) in [4.78, 5) is 30.9. The molecule has 1 aromatic carbocycles. The zero-order chi connectivity index (χ0) is 21.7. The van der Waals surface area contributed by atoms with E-state index in [-0.39, 0.29) is 10.5 Å². The minimum Gasteiger partial charge on any atom is -0.352 e. The van der Waals surface area contributed by atoms with Crippen LogP contribution in [0.2, 0.25) is 0 Å². The van der Waals surface area contributed by atoms with E-state index in [2.05, 4.69) is 15.3 Å². The Bertz CT molecular complexity index is 1180. The zero-order valence-corrected chi connectivity index (χ0v) is 17.6. The number of aryl methyl sites for hydroxylation is 1. The molecular formula is C19H18N4O5S2. The molecule has 0 aliphatic carbocycles. The predicted molar refractivity (Wildman–Crippen MR) is 112 cm³/mol. The summed E-state index contributed by atoms with van der Waals surface area (Å²) >= 11 is 1.52. The van der Waals surface area contributed by atoms with E-state index in [0.29, 0.717) is 19.4 Å². The van der Waals surface area contributed by atoms with Gasteiger partial charge in [0.15, 0.2) is 9.84 Å². The molecule has 0 saturated heterocycles. The van der Waals surface area contributed by atoms with Gasteiger partial charge >= 0.3 is 0 Å². The number of benzene rings is 1. The van der Waals surface area contributed by atoms with Gasteiger partial charge in [0.2, 0.25) is 0 Å². The summed E-state index contributed by atoms with van der Waals surface area (Å²) in [6.07, 6.45) is 5.60. The number of carbonyl (C=O) groups excluding carboxylic acids is 1. The molecule has 0 aliphatic rings. The molecule has 0 spiro atoms. The molecule has 0 fully saturated rings. The minimum absolute atomic E-state index is 0.0705. The van der Waals surface area contributed by atoms with Crippen LogP contribution in [0.15, 0.2) is 53.0 Å². The summed E-state index contributed by atoms with van der Waals surface area (Å²) in [5.41, 5.74) is 1.33. The van der Waals surface area contributed by atoms with Crippen molar-refractivity contribution in [1.82, 2.24) is 15.3 Å². The first kappa shape index (κ1) is 21.5. The molecule has 0 aliphatic heterocycles. The molecule has 0 radical (unpaired) electrons. The number of amides is 1. The largest absolute Gasteiger partial charge is 0.352 e. The van der Waals surface area contributed by atoms with Crippen molar-refractivity contribution in [1.29, 1.82) is 0 Å². The van der Waals surface area contributed by atoms with Crippen LogP contribution in [0.5, 0.6) is 0 Å². The van der Waals surface area contributed by atoms with Crippen molar-refractivity contribution in [3.8, 4) is 11.3 Å². The lowest BCUT2D eigenvalue weighted by Gasteiger charge is -2.06.